The molecule has 1 radical (unpaired) electrons. The second-order valence-corrected chi connectivity index (χ2v) is 21.2. The summed E-state index contributed by atoms with van der Waals surface area (Å²) in [5.74, 6) is 0. The van der Waals surface area contributed by atoms with Crippen LogP contribution in [0.4, 0.5) is 0 Å². The average molecular weight is 225 g/mol. The topological polar surface area (TPSA) is 47.9 Å². The predicted octanol–water partition coefficient (Wildman–Crippen LogP) is -1.76. The van der Waals surface area contributed by atoms with Gasteiger partial charge in [0.1, 0.15) is 0 Å². The molecule has 1 aliphatic heterocycles. The van der Waals surface area contributed by atoms with Crippen LogP contribution < -0.4 is 0 Å². The van der Waals surface area contributed by atoms with E-state index in [1.807, 2.05) is 6.55 Å². The monoisotopic (exact) mass is 225 g/mol. The van der Waals surface area contributed by atoms with Gasteiger partial charge in [0.2, 0.25) is 0 Å². The van der Waals surface area contributed by atoms with Crippen LogP contribution in [0.15, 0.2) is 0 Å². The van der Waals surface area contributed by atoms with Gasteiger partial charge in [-0.25, -0.2) is 0 Å². The first-order chi connectivity index (χ1) is 5.15. The van der Waals surface area contributed by atoms with Gasteiger partial charge >= 0.3 is 9.53 Å². The van der Waals surface area contributed by atoms with Gasteiger partial charge in [0, 0.05) is 7.11 Å². The number of hydrogen-bond acceptors (Lipinski definition) is 4. The second-order valence-electron chi connectivity index (χ2n) is 2.60. The van der Waals surface area contributed by atoms with E-state index in [2.05, 4.69) is 6.55 Å². The highest BCUT2D eigenvalue weighted by molar-refractivity contribution is 7.46. The van der Waals surface area contributed by atoms with Crippen LogP contribution in [-0.2, 0) is 12.7 Å². The maximum Gasteiger partial charge on any atom is 0.554 e. The highest BCUT2D eigenvalue weighted by Crippen LogP contribution is 2.11. The molecule has 0 aromatic heterocycles. The van der Waals surface area contributed by atoms with Crippen molar-refractivity contribution in [3.63, 3.8) is 0 Å². The smallest absolute Gasteiger partial charge is 0.436 e. The average Bonchev–Trinajstić information content (AvgIpc) is 2.30. The molecule has 65 valence electrons. The highest BCUT2D eigenvalue weighted by Gasteiger charge is 2.43. The van der Waals surface area contributed by atoms with E-state index in [4.69, 9.17) is 12.7 Å². The summed E-state index contributed by atoms with van der Waals surface area (Å²) in [4.78, 5) is 9.43. The lowest BCUT2D eigenvalue weighted by atomic mass is 11.8. The van der Waals surface area contributed by atoms with Crippen LogP contribution in [0.3, 0.4) is 0 Å². The normalized spacial score (nSPS) is 36.0. The van der Waals surface area contributed by atoms with E-state index < -0.39 is 34.7 Å². The van der Waals surface area contributed by atoms with Crippen LogP contribution in [0.25, 0.3) is 0 Å². The molecule has 0 saturated carbocycles. The lowest BCUT2D eigenvalue weighted by molar-refractivity contribution is 0.270. The molecule has 0 amide bonds. The van der Waals surface area contributed by atoms with E-state index in [1.54, 1.807) is 7.11 Å². The van der Waals surface area contributed by atoms with Crippen molar-refractivity contribution >= 4 is 34.7 Å². The molecule has 1 aliphatic rings. The molecule has 0 aromatic carbocycles. The van der Waals surface area contributed by atoms with Crippen molar-refractivity contribution in [1.29, 1.82) is 0 Å². The third-order valence-corrected chi connectivity index (χ3v) is 27.1. The van der Waals surface area contributed by atoms with Crippen molar-refractivity contribution in [2.45, 2.75) is 13.1 Å². The minimum absolute atomic E-state index is 1.15. The fourth-order valence-corrected chi connectivity index (χ4v) is 26.7. The summed E-state index contributed by atoms with van der Waals surface area (Å²) >= 11 is 0. The van der Waals surface area contributed by atoms with Crippen LogP contribution in [0.5, 0.6) is 0 Å². The van der Waals surface area contributed by atoms with Crippen LogP contribution in [-0.4, -0.2) is 46.6 Å². The van der Waals surface area contributed by atoms with Gasteiger partial charge in [0.05, 0.1) is 0 Å². The van der Waals surface area contributed by atoms with E-state index in [-0.39, 0.29) is 0 Å². The molecule has 0 spiro atoms. The van der Waals surface area contributed by atoms with E-state index in [1.165, 1.54) is 0 Å². The first-order valence-corrected chi connectivity index (χ1v) is 13.9. The van der Waals surface area contributed by atoms with Crippen LogP contribution in [0.2, 0.25) is 13.1 Å². The first-order valence-electron chi connectivity index (χ1n) is 3.57. The molecule has 0 aliphatic carbocycles. The highest BCUT2D eigenvalue weighted by atomic mass is 29.6. The Kier molecular flexibility index (Phi) is 3.64. The van der Waals surface area contributed by atoms with Gasteiger partial charge < -0.3 is 17.5 Å². The first kappa shape index (κ1) is 9.79. The van der Waals surface area contributed by atoms with Gasteiger partial charge in [-0.15, -0.1) is 0 Å². The SMILES string of the molecule is CO[Si]1O[SiH](C)[SiH]([SiH](C)O)O1. The molecule has 1 N–H and O–H groups in total. The minimum Gasteiger partial charge on any atom is -0.436 e. The molecular formula is C3H13O4Si4. The zero-order valence-corrected chi connectivity index (χ0v) is 11.4. The molecule has 1 fully saturated rings. The van der Waals surface area contributed by atoms with Gasteiger partial charge in [0.25, 0.3) is 0 Å². The van der Waals surface area contributed by atoms with Crippen LogP contribution in [0, 0.1) is 0 Å². The van der Waals surface area contributed by atoms with E-state index in [0.29, 0.717) is 0 Å². The lowest BCUT2D eigenvalue weighted by Crippen LogP contribution is -2.44. The van der Waals surface area contributed by atoms with Gasteiger partial charge in [-0.05, 0) is 13.1 Å². The zero-order valence-electron chi connectivity index (χ0n) is 6.90. The molecule has 1 saturated heterocycles. The Morgan fingerprint density at radius 2 is 2.18 bits per heavy atom. The maximum absolute atomic E-state index is 9.43. The van der Waals surface area contributed by atoms with Crippen LogP contribution >= 0.6 is 0 Å². The van der Waals surface area contributed by atoms with Crippen molar-refractivity contribution in [1.82, 2.24) is 0 Å². The lowest BCUT2D eigenvalue weighted by Gasteiger charge is -2.10. The van der Waals surface area contributed by atoms with Crippen molar-refractivity contribution in [2.75, 3.05) is 7.11 Å². The van der Waals surface area contributed by atoms with Gasteiger partial charge in [0.15, 0.2) is 25.2 Å². The molecular weight excluding hydrogens is 212 g/mol. The Balaban J connectivity index is 2.45. The molecule has 0 aromatic rings. The standard InChI is InChI=1S/C3H13O4Si4/c1-5-10-6-9(3)11(7-10)8(2)4/h4,8-9,11H,1-3H3. The Morgan fingerprint density at radius 1 is 1.55 bits per heavy atom. The molecule has 1 heterocycles. The fourth-order valence-electron chi connectivity index (χ4n) is 1.04. The summed E-state index contributed by atoms with van der Waals surface area (Å²) in [6.45, 7) is 4.03. The molecule has 11 heavy (non-hydrogen) atoms. The van der Waals surface area contributed by atoms with Gasteiger partial charge in [-0.1, -0.05) is 0 Å². The van der Waals surface area contributed by atoms with Crippen molar-refractivity contribution in [3.05, 3.63) is 0 Å². The number of rotatable bonds is 2. The van der Waals surface area contributed by atoms with E-state index in [0.717, 1.165) is 0 Å². The van der Waals surface area contributed by atoms with Crippen molar-refractivity contribution in [2.24, 2.45) is 0 Å². The zero-order chi connectivity index (χ0) is 8.43. The summed E-state index contributed by atoms with van der Waals surface area (Å²) in [7, 11) is -3.76. The minimum atomic E-state index is -1.53. The fraction of sp³-hybridized carbons (Fsp3) is 1.00. The summed E-state index contributed by atoms with van der Waals surface area (Å²) in [5, 5.41) is 0. The second kappa shape index (κ2) is 4.09. The third-order valence-electron chi connectivity index (χ3n) is 1.62. The third kappa shape index (κ3) is 2.32. The van der Waals surface area contributed by atoms with Crippen molar-refractivity contribution in [3.8, 4) is 0 Å². The predicted molar refractivity (Wildman–Crippen MR) is 50.3 cm³/mol. The molecule has 3 atom stereocenters. The van der Waals surface area contributed by atoms with Gasteiger partial charge in [-0.2, -0.15) is 0 Å². The molecule has 3 unspecified atom stereocenters. The maximum atomic E-state index is 9.43. The Hall–Kier alpha value is 0.708. The summed E-state index contributed by atoms with van der Waals surface area (Å²) in [6.07, 6.45) is 0. The number of hydrogen-bond donors (Lipinski definition) is 1. The molecule has 0 bridgehead atoms. The quantitative estimate of drug-likeness (QED) is 0.566. The molecule has 1 rings (SSSR count). The van der Waals surface area contributed by atoms with E-state index >= 15 is 0 Å². The summed E-state index contributed by atoms with van der Waals surface area (Å²) in [6, 6.07) is 0. The molecule has 8 heteroatoms. The van der Waals surface area contributed by atoms with Gasteiger partial charge in [-0.3, -0.25) is 0 Å². The Bertz CT molecular complexity index is 133. The Labute approximate surface area is 72.8 Å². The molecule has 4 nitrogen and oxygen atoms in total. The summed E-state index contributed by atoms with van der Waals surface area (Å²) in [5.41, 5.74) is 0. The van der Waals surface area contributed by atoms with Crippen molar-refractivity contribution < 1.29 is 17.5 Å². The van der Waals surface area contributed by atoms with Crippen LogP contribution in [0.1, 0.15) is 0 Å². The largest absolute Gasteiger partial charge is 0.554 e. The summed E-state index contributed by atoms with van der Waals surface area (Å²) < 4.78 is 16.1. The Morgan fingerprint density at radius 3 is 2.45 bits per heavy atom. The van der Waals surface area contributed by atoms with E-state index in [9.17, 15) is 4.80 Å².